The summed E-state index contributed by atoms with van der Waals surface area (Å²) in [6, 6.07) is 0. The molecule has 2 fully saturated rings. The molecule has 2 aliphatic carbocycles. The van der Waals surface area contributed by atoms with E-state index in [9.17, 15) is 4.79 Å². The number of carbonyl (C=O) groups excluding carboxylic acids is 1. The van der Waals surface area contributed by atoms with E-state index in [4.69, 9.17) is 0 Å². The molecule has 1 heteroatoms. The van der Waals surface area contributed by atoms with Crippen LogP contribution in [0.4, 0.5) is 0 Å². The van der Waals surface area contributed by atoms with Gasteiger partial charge in [-0.1, -0.05) is 13.8 Å². The lowest BCUT2D eigenvalue weighted by Crippen LogP contribution is -2.11. The van der Waals surface area contributed by atoms with E-state index in [1.807, 2.05) is 0 Å². The number of rotatable bonds is 0. The minimum atomic E-state index is 0.345. The number of Topliss-reactive ketones (excluding diaryl/α,β-unsaturated/α-hetero) is 1. The van der Waals surface area contributed by atoms with Gasteiger partial charge >= 0.3 is 0 Å². The van der Waals surface area contributed by atoms with Crippen molar-refractivity contribution in [1.82, 2.24) is 0 Å². The Morgan fingerprint density at radius 2 is 2.00 bits per heavy atom. The van der Waals surface area contributed by atoms with Crippen LogP contribution in [0, 0.1) is 23.7 Å². The number of hydrogen-bond acceptors (Lipinski definition) is 1. The minimum absolute atomic E-state index is 0.345. The molecule has 2 aliphatic rings. The molecule has 0 radical (unpaired) electrons. The summed E-state index contributed by atoms with van der Waals surface area (Å²) < 4.78 is 0. The Bertz CT molecular complexity index is 185. The van der Waals surface area contributed by atoms with E-state index in [2.05, 4.69) is 13.8 Å². The van der Waals surface area contributed by atoms with Crippen molar-refractivity contribution >= 4 is 5.78 Å². The predicted molar refractivity (Wildman–Crippen MR) is 44.2 cm³/mol. The Labute approximate surface area is 68.2 Å². The molecule has 11 heavy (non-hydrogen) atoms. The Balaban J connectivity index is 2.08. The molecule has 4 atom stereocenters. The van der Waals surface area contributed by atoms with E-state index in [0.717, 1.165) is 30.6 Å². The lowest BCUT2D eigenvalue weighted by Gasteiger charge is -2.11. The molecule has 2 saturated carbocycles. The van der Waals surface area contributed by atoms with Crippen LogP contribution >= 0.6 is 0 Å². The Morgan fingerprint density at radius 3 is 2.73 bits per heavy atom. The van der Waals surface area contributed by atoms with E-state index >= 15 is 0 Å². The average molecular weight is 152 g/mol. The van der Waals surface area contributed by atoms with Crippen molar-refractivity contribution in [3.05, 3.63) is 0 Å². The standard InChI is InChI=1S/C10H16O/c1-6-3-7(2)10(11)5-8-4-9(6)8/h6-9H,3-5H2,1-2H3. The molecule has 0 bridgehead atoms. The van der Waals surface area contributed by atoms with Crippen molar-refractivity contribution in [1.29, 1.82) is 0 Å². The van der Waals surface area contributed by atoms with Gasteiger partial charge in [-0.25, -0.2) is 0 Å². The molecule has 0 aromatic heterocycles. The first-order valence-corrected chi connectivity index (χ1v) is 4.71. The third kappa shape index (κ3) is 1.21. The van der Waals surface area contributed by atoms with Crippen molar-refractivity contribution in [3.63, 3.8) is 0 Å². The van der Waals surface area contributed by atoms with E-state index in [0.29, 0.717) is 11.7 Å². The Kier molecular flexibility index (Phi) is 1.55. The summed E-state index contributed by atoms with van der Waals surface area (Å²) in [6.45, 7) is 4.39. The van der Waals surface area contributed by atoms with Gasteiger partial charge in [0.05, 0.1) is 0 Å². The second-order valence-corrected chi connectivity index (χ2v) is 4.44. The maximum Gasteiger partial charge on any atom is 0.135 e. The maximum atomic E-state index is 11.4. The van der Waals surface area contributed by atoms with Gasteiger partial charge in [0.25, 0.3) is 0 Å². The van der Waals surface area contributed by atoms with Crippen molar-refractivity contribution in [3.8, 4) is 0 Å². The molecule has 0 N–H and O–H groups in total. The lowest BCUT2D eigenvalue weighted by molar-refractivity contribution is -0.122. The van der Waals surface area contributed by atoms with Gasteiger partial charge in [-0.05, 0) is 30.6 Å². The molecule has 0 amide bonds. The molecule has 0 aliphatic heterocycles. The normalized spacial score (nSPS) is 49.8. The molecule has 4 unspecified atom stereocenters. The molecule has 0 spiro atoms. The molecule has 2 rings (SSSR count). The zero-order valence-electron chi connectivity index (χ0n) is 7.34. The minimum Gasteiger partial charge on any atom is -0.299 e. The zero-order chi connectivity index (χ0) is 8.01. The Hall–Kier alpha value is -0.330. The van der Waals surface area contributed by atoms with Gasteiger partial charge in [0, 0.05) is 12.3 Å². The van der Waals surface area contributed by atoms with Crippen LogP contribution in [0.15, 0.2) is 0 Å². The largest absolute Gasteiger partial charge is 0.299 e. The number of fused-ring (bicyclic) bond motifs is 1. The summed E-state index contributed by atoms with van der Waals surface area (Å²) in [5.41, 5.74) is 0. The molecule has 0 aromatic carbocycles. The van der Waals surface area contributed by atoms with Gasteiger partial charge in [-0.15, -0.1) is 0 Å². The first-order valence-electron chi connectivity index (χ1n) is 4.71. The highest BCUT2D eigenvalue weighted by Crippen LogP contribution is 2.51. The van der Waals surface area contributed by atoms with Crippen LogP contribution in [0.5, 0.6) is 0 Å². The second kappa shape index (κ2) is 2.33. The topological polar surface area (TPSA) is 17.1 Å². The summed E-state index contributed by atoms with van der Waals surface area (Å²) >= 11 is 0. The van der Waals surface area contributed by atoms with E-state index < -0.39 is 0 Å². The van der Waals surface area contributed by atoms with Crippen LogP contribution in [0.25, 0.3) is 0 Å². The third-order valence-corrected chi connectivity index (χ3v) is 3.45. The quantitative estimate of drug-likeness (QED) is 0.520. The van der Waals surface area contributed by atoms with Gasteiger partial charge < -0.3 is 0 Å². The van der Waals surface area contributed by atoms with E-state index in [-0.39, 0.29) is 0 Å². The highest BCUT2D eigenvalue weighted by molar-refractivity contribution is 5.81. The molecule has 0 saturated heterocycles. The summed E-state index contributed by atoms with van der Waals surface area (Å²) in [4.78, 5) is 11.4. The predicted octanol–water partition coefficient (Wildman–Crippen LogP) is 2.26. The molecule has 62 valence electrons. The summed E-state index contributed by atoms with van der Waals surface area (Å²) in [5, 5.41) is 0. The average Bonchev–Trinajstić information content (AvgIpc) is 2.66. The fraction of sp³-hybridized carbons (Fsp3) is 0.900. The van der Waals surface area contributed by atoms with Gasteiger partial charge in [-0.3, -0.25) is 4.79 Å². The fourth-order valence-electron chi connectivity index (χ4n) is 2.53. The smallest absolute Gasteiger partial charge is 0.135 e. The van der Waals surface area contributed by atoms with Gasteiger partial charge in [0.15, 0.2) is 0 Å². The zero-order valence-corrected chi connectivity index (χ0v) is 7.34. The highest BCUT2D eigenvalue weighted by Gasteiger charge is 2.45. The SMILES string of the molecule is CC1CC(C)C2CC2CC1=O. The van der Waals surface area contributed by atoms with Crippen LogP contribution in [-0.4, -0.2) is 5.78 Å². The molecule has 0 aromatic rings. The van der Waals surface area contributed by atoms with E-state index in [1.54, 1.807) is 0 Å². The maximum absolute atomic E-state index is 11.4. The van der Waals surface area contributed by atoms with Crippen LogP contribution in [0.3, 0.4) is 0 Å². The first-order chi connectivity index (χ1) is 5.18. The molecule has 1 nitrogen and oxygen atoms in total. The first kappa shape index (κ1) is 7.33. The lowest BCUT2D eigenvalue weighted by atomic mass is 9.93. The van der Waals surface area contributed by atoms with Crippen molar-refractivity contribution < 1.29 is 4.79 Å². The highest BCUT2D eigenvalue weighted by atomic mass is 16.1. The van der Waals surface area contributed by atoms with Gasteiger partial charge in [-0.2, -0.15) is 0 Å². The van der Waals surface area contributed by atoms with Crippen LogP contribution in [-0.2, 0) is 4.79 Å². The van der Waals surface area contributed by atoms with Gasteiger partial charge in [0.1, 0.15) is 5.78 Å². The molecular weight excluding hydrogens is 136 g/mol. The van der Waals surface area contributed by atoms with Gasteiger partial charge in [0.2, 0.25) is 0 Å². The third-order valence-electron chi connectivity index (χ3n) is 3.45. The van der Waals surface area contributed by atoms with Crippen molar-refractivity contribution in [2.24, 2.45) is 23.7 Å². The van der Waals surface area contributed by atoms with Crippen molar-refractivity contribution in [2.75, 3.05) is 0 Å². The molecular formula is C10H16O. The fourth-order valence-corrected chi connectivity index (χ4v) is 2.53. The van der Waals surface area contributed by atoms with Crippen LogP contribution in [0.1, 0.15) is 33.1 Å². The summed E-state index contributed by atoms with van der Waals surface area (Å²) in [7, 11) is 0. The number of carbonyl (C=O) groups is 1. The van der Waals surface area contributed by atoms with Crippen LogP contribution in [0.2, 0.25) is 0 Å². The van der Waals surface area contributed by atoms with Crippen molar-refractivity contribution in [2.45, 2.75) is 33.1 Å². The van der Waals surface area contributed by atoms with E-state index in [1.165, 1.54) is 6.42 Å². The number of ketones is 1. The van der Waals surface area contributed by atoms with Crippen LogP contribution < -0.4 is 0 Å². The number of hydrogen-bond donors (Lipinski definition) is 0. The monoisotopic (exact) mass is 152 g/mol. The second-order valence-electron chi connectivity index (χ2n) is 4.44. The Morgan fingerprint density at radius 1 is 1.27 bits per heavy atom. The summed E-state index contributed by atoms with van der Waals surface area (Å²) in [5.74, 6) is 3.35. The summed E-state index contributed by atoms with van der Waals surface area (Å²) in [6.07, 6.45) is 3.36. The molecule has 0 heterocycles.